The van der Waals surface area contributed by atoms with Gasteiger partial charge in [0.2, 0.25) is 0 Å². The molecule has 0 aromatic carbocycles. The topological polar surface area (TPSA) is 56.0 Å². The number of amides is 1. The summed E-state index contributed by atoms with van der Waals surface area (Å²) in [5.74, 6) is 0.427. The Morgan fingerprint density at radius 3 is 2.93 bits per heavy atom. The van der Waals surface area contributed by atoms with Crippen molar-refractivity contribution in [3.05, 3.63) is 23.0 Å². The van der Waals surface area contributed by atoms with Crippen molar-refractivity contribution in [3.8, 4) is 0 Å². The Morgan fingerprint density at radius 1 is 1.60 bits per heavy atom. The zero-order valence-electron chi connectivity index (χ0n) is 8.50. The van der Waals surface area contributed by atoms with Gasteiger partial charge in [-0.05, 0) is 24.3 Å². The number of primary amides is 1. The number of halogens is 1. The van der Waals surface area contributed by atoms with Gasteiger partial charge in [-0.3, -0.25) is 4.79 Å². The molecule has 0 saturated carbocycles. The number of nitrogens with two attached hydrogens (primary N) is 1. The molecule has 0 aliphatic rings. The van der Waals surface area contributed by atoms with Gasteiger partial charge in [0, 0.05) is 4.90 Å². The number of hydrogen-bond donors (Lipinski definition) is 1. The van der Waals surface area contributed by atoms with E-state index in [0.717, 1.165) is 23.5 Å². The summed E-state index contributed by atoms with van der Waals surface area (Å²) in [6.45, 7) is 2.12. The molecular formula is C10H13ClN2OS. The first-order valence-corrected chi connectivity index (χ1v) is 6.10. The summed E-state index contributed by atoms with van der Waals surface area (Å²) in [6, 6.07) is 3.46. The maximum absolute atomic E-state index is 11.1. The number of carbonyl (C=O) groups excluding carboxylic acids is 1. The van der Waals surface area contributed by atoms with Crippen LogP contribution in [0, 0.1) is 0 Å². The lowest BCUT2D eigenvalue weighted by Gasteiger charge is -2.05. The Balaban J connectivity index is 2.81. The second-order valence-electron chi connectivity index (χ2n) is 3.05. The number of aromatic nitrogens is 1. The van der Waals surface area contributed by atoms with E-state index in [-0.39, 0.29) is 5.69 Å². The first-order valence-electron chi connectivity index (χ1n) is 4.74. The van der Waals surface area contributed by atoms with E-state index in [4.69, 9.17) is 17.3 Å². The lowest BCUT2D eigenvalue weighted by atomic mass is 10.3. The van der Waals surface area contributed by atoms with Gasteiger partial charge in [0.15, 0.2) is 0 Å². The largest absolute Gasteiger partial charge is 0.364 e. The summed E-state index contributed by atoms with van der Waals surface area (Å²) in [7, 11) is 0. The Kier molecular flexibility index (Phi) is 4.91. The molecule has 0 bridgehead atoms. The zero-order valence-corrected chi connectivity index (χ0v) is 10.1. The molecule has 82 valence electrons. The van der Waals surface area contributed by atoms with Crippen LogP contribution in [-0.4, -0.2) is 16.6 Å². The third-order valence-electron chi connectivity index (χ3n) is 1.81. The maximum atomic E-state index is 11.1. The summed E-state index contributed by atoms with van der Waals surface area (Å²) in [6.07, 6.45) is 2.23. The predicted octanol–water partition coefficient (Wildman–Crippen LogP) is 2.73. The zero-order chi connectivity index (χ0) is 11.3. The minimum atomic E-state index is -0.531. The van der Waals surface area contributed by atoms with Crippen molar-refractivity contribution < 1.29 is 4.79 Å². The van der Waals surface area contributed by atoms with Gasteiger partial charge in [-0.1, -0.05) is 24.9 Å². The van der Waals surface area contributed by atoms with E-state index in [1.165, 1.54) is 0 Å². The summed E-state index contributed by atoms with van der Waals surface area (Å²) in [5.41, 5.74) is 5.48. The first kappa shape index (κ1) is 12.3. The van der Waals surface area contributed by atoms with Crippen molar-refractivity contribution >= 4 is 29.3 Å². The molecule has 0 aliphatic heterocycles. The highest BCUT2D eigenvalue weighted by molar-refractivity contribution is 7.99. The van der Waals surface area contributed by atoms with Gasteiger partial charge in [0.25, 0.3) is 5.91 Å². The number of rotatable bonds is 5. The van der Waals surface area contributed by atoms with Crippen LogP contribution in [0.3, 0.4) is 0 Å². The number of thioether (sulfide) groups is 1. The highest BCUT2D eigenvalue weighted by Crippen LogP contribution is 2.23. The van der Waals surface area contributed by atoms with Gasteiger partial charge < -0.3 is 5.73 Å². The van der Waals surface area contributed by atoms with E-state index >= 15 is 0 Å². The van der Waals surface area contributed by atoms with Crippen molar-refractivity contribution in [2.45, 2.75) is 24.7 Å². The van der Waals surface area contributed by atoms with Crippen LogP contribution in [0.4, 0.5) is 0 Å². The monoisotopic (exact) mass is 244 g/mol. The lowest BCUT2D eigenvalue weighted by molar-refractivity contribution is 0.0992. The summed E-state index contributed by atoms with van der Waals surface area (Å²) < 4.78 is 0. The third kappa shape index (κ3) is 3.72. The number of unbranched alkanes of at least 4 members (excludes halogenated alkanes) is 1. The fourth-order valence-corrected chi connectivity index (χ4v) is 2.29. The smallest absolute Gasteiger partial charge is 0.268 e. The molecule has 3 nitrogen and oxygen atoms in total. The van der Waals surface area contributed by atoms with Crippen LogP contribution in [0.25, 0.3) is 0 Å². The van der Waals surface area contributed by atoms with E-state index < -0.39 is 5.91 Å². The molecule has 2 N–H and O–H groups in total. The molecule has 0 spiro atoms. The molecule has 0 unspecified atom stereocenters. The Hall–Kier alpha value is -0.740. The van der Waals surface area contributed by atoms with E-state index in [2.05, 4.69) is 11.9 Å². The van der Waals surface area contributed by atoms with Crippen molar-refractivity contribution in [3.63, 3.8) is 0 Å². The molecule has 1 heterocycles. The summed E-state index contributed by atoms with van der Waals surface area (Å²) in [5, 5.41) is 0.295. The average Bonchev–Trinajstić information content (AvgIpc) is 2.20. The van der Waals surface area contributed by atoms with Crippen molar-refractivity contribution in [1.82, 2.24) is 4.98 Å². The van der Waals surface area contributed by atoms with Crippen molar-refractivity contribution in [2.75, 3.05) is 5.75 Å². The molecule has 1 aromatic rings. The van der Waals surface area contributed by atoms with Gasteiger partial charge in [-0.2, -0.15) is 0 Å². The quantitative estimate of drug-likeness (QED) is 0.492. The second-order valence-corrected chi connectivity index (χ2v) is 4.57. The van der Waals surface area contributed by atoms with Crippen LogP contribution in [-0.2, 0) is 0 Å². The molecule has 15 heavy (non-hydrogen) atoms. The molecule has 1 amide bonds. The Morgan fingerprint density at radius 2 is 2.33 bits per heavy atom. The highest BCUT2D eigenvalue weighted by atomic mass is 35.5. The van der Waals surface area contributed by atoms with E-state index in [0.29, 0.717) is 5.15 Å². The molecular weight excluding hydrogens is 232 g/mol. The molecule has 0 radical (unpaired) electrons. The third-order valence-corrected chi connectivity index (χ3v) is 3.16. The van der Waals surface area contributed by atoms with E-state index in [1.807, 2.05) is 0 Å². The van der Waals surface area contributed by atoms with Gasteiger partial charge >= 0.3 is 0 Å². The van der Waals surface area contributed by atoms with Crippen LogP contribution in [0.1, 0.15) is 30.3 Å². The SMILES string of the molecule is CCCCSc1ccc(Cl)nc1C(N)=O. The molecule has 0 atom stereocenters. The van der Waals surface area contributed by atoms with Crippen LogP contribution < -0.4 is 5.73 Å². The Labute approximate surface area is 98.4 Å². The molecule has 0 saturated heterocycles. The second kappa shape index (κ2) is 5.98. The van der Waals surface area contributed by atoms with Crippen LogP contribution in [0.5, 0.6) is 0 Å². The number of pyridine rings is 1. The van der Waals surface area contributed by atoms with Crippen LogP contribution in [0.2, 0.25) is 5.15 Å². The van der Waals surface area contributed by atoms with Gasteiger partial charge in [-0.25, -0.2) is 4.98 Å². The lowest BCUT2D eigenvalue weighted by Crippen LogP contribution is -2.14. The Bertz CT molecular complexity index is 357. The fourth-order valence-electron chi connectivity index (χ4n) is 1.04. The number of carbonyl (C=O) groups is 1. The predicted molar refractivity (Wildman–Crippen MR) is 63.4 cm³/mol. The molecule has 1 aromatic heterocycles. The minimum absolute atomic E-state index is 0.267. The van der Waals surface area contributed by atoms with Crippen LogP contribution >= 0.6 is 23.4 Å². The molecule has 1 rings (SSSR count). The fraction of sp³-hybridized carbons (Fsp3) is 0.400. The van der Waals surface area contributed by atoms with E-state index in [9.17, 15) is 4.79 Å². The van der Waals surface area contributed by atoms with E-state index in [1.54, 1.807) is 23.9 Å². The molecule has 0 fully saturated rings. The minimum Gasteiger partial charge on any atom is -0.364 e. The van der Waals surface area contributed by atoms with Gasteiger partial charge in [0.1, 0.15) is 10.8 Å². The maximum Gasteiger partial charge on any atom is 0.268 e. The molecule has 0 aliphatic carbocycles. The highest BCUT2D eigenvalue weighted by Gasteiger charge is 2.10. The first-order chi connectivity index (χ1) is 7.15. The summed E-state index contributed by atoms with van der Waals surface area (Å²) >= 11 is 7.28. The van der Waals surface area contributed by atoms with Crippen molar-refractivity contribution in [2.24, 2.45) is 5.73 Å². The van der Waals surface area contributed by atoms with Gasteiger partial charge in [0.05, 0.1) is 0 Å². The normalized spacial score (nSPS) is 10.3. The standard InChI is InChI=1S/C10H13ClN2OS/c1-2-3-6-15-7-4-5-8(11)13-9(7)10(12)14/h4-5H,2-3,6H2,1H3,(H2,12,14). The summed E-state index contributed by atoms with van der Waals surface area (Å²) in [4.78, 5) is 15.8. The average molecular weight is 245 g/mol. The molecule has 5 heteroatoms. The number of hydrogen-bond acceptors (Lipinski definition) is 3. The van der Waals surface area contributed by atoms with Crippen LogP contribution in [0.15, 0.2) is 17.0 Å². The van der Waals surface area contributed by atoms with Gasteiger partial charge in [-0.15, -0.1) is 11.8 Å². The number of nitrogens with zero attached hydrogens (tertiary/aromatic N) is 1. The van der Waals surface area contributed by atoms with Crippen molar-refractivity contribution in [1.29, 1.82) is 0 Å².